The molecule has 0 radical (unpaired) electrons. The van der Waals surface area contributed by atoms with Gasteiger partial charge >= 0.3 is 5.76 Å². The molecule has 1 N–H and O–H groups in total. The van der Waals surface area contributed by atoms with Gasteiger partial charge in [0.15, 0.2) is 19.7 Å². The smallest absolute Gasteiger partial charge is 0.414 e. The number of fused-ring (bicyclic) bond motifs is 1. The van der Waals surface area contributed by atoms with Gasteiger partial charge < -0.3 is 14.2 Å². The molecule has 3 aromatic rings. The Balaban J connectivity index is 1.57. The zero-order valence-corrected chi connectivity index (χ0v) is 23.2. The molecule has 2 heterocycles. The van der Waals surface area contributed by atoms with Gasteiger partial charge in [0.2, 0.25) is 0 Å². The Morgan fingerprint density at radius 1 is 1.12 bits per heavy atom. The molecule has 0 spiro atoms. The molecule has 4 rings (SSSR count). The molecule has 7 nitrogen and oxygen atoms in total. The summed E-state index contributed by atoms with van der Waals surface area (Å²) in [5.74, 6) is 0.866. The lowest BCUT2D eigenvalue weighted by Crippen LogP contribution is -2.43. The van der Waals surface area contributed by atoms with Crippen LogP contribution in [-0.2, 0) is 17.0 Å². The van der Waals surface area contributed by atoms with Gasteiger partial charge in [0, 0.05) is 42.6 Å². The Labute approximate surface area is 203 Å². The SMILES string of the molecule is Cn1c(=O)oc2cc(Nc3cc([C@H]4CC[C@@H](O[Si](C)(C)C(C)(C)C)C4)n(C(C)(C)C)n3)ccc21. The number of hydrogen-bond donors (Lipinski definition) is 1. The first-order chi connectivity index (χ1) is 15.7. The van der Waals surface area contributed by atoms with Gasteiger partial charge in [-0.3, -0.25) is 9.25 Å². The maximum atomic E-state index is 11.8. The second kappa shape index (κ2) is 8.41. The number of benzene rings is 1. The van der Waals surface area contributed by atoms with Gasteiger partial charge in [-0.15, -0.1) is 0 Å². The van der Waals surface area contributed by atoms with Crippen LogP contribution in [0.4, 0.5) is 11.5 Å². The minimum absolute atomic E-state index is 0.135. The van der Waals surface area contributed by atoms with Gasteiger partial charge in [0.05, 0.1) is 11.1 Å². The number of nitrogens with one attached hydrogen (secondary N) is 1. The van der Waals surface area contributed by atoms with Crippen LogP contribution < -0.4 is 11.1 Å². The lowest BCUT2D eigenvalue weighted by atomic mass is 10.0. The Hall–Kier alpha value is -2.32. The standard InChI is InChI=1S/C26H40N4O3Si/c1-25(2,3)30-21(17-10-12-19(14-17)33-34(8,9)26(4,5)6)16-23(28-30)27-18-11-13-20-22(15-18)32-24(31)29(20)7/h11,13,15-17,19H,10,12,14H2,1-9H3,(H,27,28)/t17-,19+/m0/s1. The molecule has 0 aliphatic heterocycles. The van der Waals surface area contributed by atoms with Crippen molar-refractivity contribution in [2.75, 3.05) is 5.32 Å². The van der Waals surface area contributed by atoms with E-state index >= 15 is 0 Å². The fourth-order valence-electron chi connectivity index (χ4n) is 4.55. The molecular formula is C26H40N4O3Si. The highest BCUT2D eigenvalue weighted by molar-refractivity contribution is 6.74. The lowest BCUT2D eigenvalue weighted by molar-refractivity contribution is 0.185. The molecule has 1 aliphatic rings. The van der Waals surface area contributed by atoms with Gasteiger partial charge in [-0.2, -0.15) is 5.10 Å². The topological polar surface area (TPSA) is 74.2 Å². The second-order valence-corrected chi connectivity index (χ2v) is 17.0. The van der Waals surface area contributed by atoms with Crippen molar-refractivity contribution < 1.29 is 8.84 Å². The van der Waals surface area contributed by atoms with Crippen LogP contribution >= 0.6 is 0 Å². The van der Waals surface area contributed by atoms with E-state index in [1.807, 2.05) is 18.2 Å². The van der Waals surface area contributed by atoms with E-state index in [1.165, 1.54) is 10.3 Å². The van der Waals surface area contributed by atoms with Crippen molar-refractivity contribution in [1.29, 1.82) is 0 Å². The summed E-state index contributed by atoms with van der Waals surface area (Å²) in [7, 11) is -0.0785. The van der Waals surface area contributed by atoms with Crippen molar-refractivity contribution in [2.45, 2.75) is 96.5 Å². The minimum atomic E-state index is -1.79. The highest BCUT2D eigenvalue weighted by Gasteiger charge is 2.41. The molecule has 1 aliphatic carbocycles. The van der Waals surface area contributed by atoms with Gasteiger partial charge in [-0.25, -0.2) is 4.79 Å². The molecule has 0 amide bonds. The largest absolute Gasteiger partial charge is 0.419 e. The van der Waals surface area contributed by atoms with E-state index < -0.39 is 8.32 Å². The van der Waals surface area contributed by atoms with E-state index in [-0.39, 0.29) is 16.3 Å². The predicted molar refractivity (Wildman–Crippen MR) is 141 cm³/mol. The first kappa shape index (κ1) is 24.8. The van der Waals surface area contributed by atoms with E-state index in [0.717, 1.165) is 36.3 Å². The molecule has 0 saturated heterocycles. The predicted octanol–water partition coefficient (Wildman–Crippen LogP) is 6.48. The highest BCUT2D eigenvalue weighted by Crippen LogP contribution is 2.43. The zero-order valence-electron chi connectivity index (χ0n) is 22.2. The Bertz CT molecular complexity index is 1240. The Kier molecular flexibility index (Phi) is 6.13. The molecule has 8 heteroatoms. The fourth-order valence-corrected chi connectivity index (χ4v) is 5.95. The number of aromatic nitrogens is 3. The number of hydrogen-bond acceptors (Lipinski definition) is 5. The van der Waals surface area contributed by atoms with Crippen molar-refractivity contribution in [1.82, 2.24) is 14.3 Å². The van der Waals surface area contributed by atoms with Crippen molar-refractivity contribution in [3.05, 3.63) is 40.5 Å². The van der Waals surface area contributed by atoms with Crippen LogP contribution in [0.3, 0.4) is 0 Å². The van der Waals surface area contributed by atoms with Crippen LogP contribution in [-0.4, -0.2) is 28.8 Å². The zero-order chi connectivity index (χ0) is 25.1. The molecule has 34 heavy (non-hydrogen) atoms. The maximum absolute atomic E-state index is 11.8. The molecule has 2 aromatic heterocycles. The molecule has 1 saturated carbocycles. The van der Waals surface area contributed by atoms with Gasteiger partial charge in [0.1, 0.15) is 0 Å². The number of oxazole rings is 1. The summed E-state index contributed by atoms with van der Waals surface area (Å²) in [6, 6.07) is 7.87. The van der Waals surface area contributed by atoms with E-state index in [2.05, 4.69) is 70.7 Å². The fraction of sp³-hybridized carbons (Fsp3) is 0.615. The number of anilines is 2. The first-order valence-electron chi connectivity index (χ1n) is 12.3. The summed E-state index contributed by atoms with van der Waals surface area (Å²) in [5, 5.41) is 8.58. The summed E-state index contributed by atoms with van der Waals surface area (Å²) >= 11 is 0. The molecule has 186 valence electrons. The van der Waals surface area contributed by atoms with E-state index in [9.17, 15) is 4.79 Å². The minimum Gasteiger partial charge on any atom is -0.414 e. The van der Waals surface area contributed by atoms with Crippen LogP contribution in [0, 0.1) is 0 Å². The Morgan fingerprint density at radius 3 is 2.47 bits per heavy atom. The molecular weight excluding hydrogens is 444 g/mol. The summed E-state index contributed by atoms with van der Waals surface area (Å²) < 4.78 is 15.8. The second-order valence-electron chi connectivity index (χ2n) is 12.3. The summed E-state index contributed by atoms with van der Waals surface area (Å²) in [5.41, 5.74) is 3.30. The van der Waals surface area contributed by atoms with Crippen molar-refractivity contribution >= 4 is 30.9 Å². The van der Waals surface area contributed by atoms with E-state index in [1.54, 1.807) is 7.05 Å². The molecule has 2 atom stereocenters. The average Bonchev–Trinajstić information content (AvgIpc) is 3.39. The third-order valence-corrected chi connectivity index (χ3v) is 12.0. The Morgan fingerprint density at radius 2 is 1.82 bits per heavy atom. The highest BCUT2D eigenvalue weighted by atomic mass is 28.4. The van der Waals surface area contributed by atoms with Crippen molar-refractivity contribution in [3.63, 3.8) is 0 Å². The van der Waals surface area contributed by atoms with Crippen molar-refractivity contribution in [2.24, 2.45) is 7.05 Å². The third kappa shape index (κ3) is 4.75. The number of rotatable bonds is 5. The maximum Gasteiger partial charge on any atom is 0.419 e. The number of aryl methyl sites for hydroxylation is 1. The molecule has 1 aromatic carbocycles. The van der Waals surface area contributed by atoms with Gasteiger partial charge in [-0.1, -0.05) is 20.8 Å². The molecule has 0 unspecified atom stereocenters. The third-order valence-electron chi connectivity index (χ3n) is 7.51. The van der Waals surface area contributed by atoms with Crippen LogP contribution in [0.2, 0.25) is 18.1 Å². The van der Waals surface area contributed by atoms with Crippen LogP contribution in [0.15, 0.2) is 33.5 Å². The van der Waals surface area contributed by atoms with Crippen molar-refractivity contribution in [3.8, 4) is 0 Å². The first-order valence-corrected chi connectivity index (χ1v) is 15.2. The van der Waals surface area contributed by atoms with Gasteiger partial charge in [-0.05, 0) is 70.3 Å². The summed E-state index contributed by atoms with van der Waals surface area (Å²) in [4.78, 5) is 11.8. The van der Waals surface area contributed by atoms with E-state index in [0.29, 0.717) is 17.6 Å². The van der Waals surface area contributed by atoms with Crippen LogP contribution in [0.25, 0.3) is 11.1 Å². The normalized spacial score (nSPS) is 19.8. The summed E-state index contributed by atoms with van der Waals surface area (Å²) in [6.07, 6.45) is 3.56. The molecule has 0 bridgehead atoms. The average molecular weight is 485 g/mol. The quantitative estimate of drug-likeness (QED) is 0.419. The van der Waals surface area contributed by atoms with Crippen LogP contribution in [0.1, 0.15) is 72.4 Å². The lowest BCUT2D eigenvalue weighted by Gasteiger charge is -2.38. The van der Waals surface area contributed by atoms with Crippen LogP contribution in [0.5, 0.6) is 0 Å². The molecule has 1 fully saturated rings. The number of nitrogens with zero attached hydrogens (tertiary/aromatic N) is 3. The van der Waals surface area contributed by atoms with Gasteiger partial charge in [0.25, 0.3) is 0 Å². The summed E-state index contributed by atoms with van der Waals surface area (Å²) in [6.45, 7) is 18.2. The van der Waals surface area contributed by atoms with E-state index in [4.69, 9.17) is 13.9 Å². The monoisotopic (exact) mass is 484 g/mol.